The number of nitrogens with one attached hydrogen (secondary N) is 2. The van der Waals surface area contributed by atoms with Crippen molar-refractivity contribution in [1.29, 1.82) is 0 Å². The lowest BCUT2D eigenvalue weighted by atomic mass is 9.97. The highest BCUT2D eigenvalue weighted by Crippen LogP contribution is 2.19. The molecule has 0 bridgehead atoms. The molecular formula is C20H37IN6O2. The van der Waals surface area contributed by atoms with Gasteiger partial charge in [-0.1, -0.05) is 0 Å². The van der Waals surface area contributed by atoms with Crippen LogP contribution in [-0.2, 0) is 11.3 Å². The Morgan fingerprint density at radius 2 is 1.83 bits per heavy atom. The molecule has 0 amide bonds. The third kappa shape index (κ3) is 8.03. The quantitative estimate of drug-likeness (QED) is 0.322. The summed E-state index contributed by atoms with van der Waals surface area (Å²) in [7, 11) is 1.84. The Balaban J connectivity index is 0.00000300. The summed E-state index contributed by atoms with van der Waals surface area (Å²) < 4.78 is 11.1. The predicted octanol–water partition coefficient (Wildman–Crippen LogP) is 1.62. The van der Waals surface area contributed by atoms with Crippen molar-refractivity contribution in [3.05, 3.63) is 17.3 Å². The molecular weight excluding hydrogens is 483 g/mol. The Bertz CT molecular complexity index is 605. The van der Waals surface area contributed by atoms with Crippen LogP contribution in [0.25, 0.3) is 0 Å². The summed E-state index contributed by atoms with van der Waals surface area (Å²) in [6, 6.07) is 0. The van der Waals surface area contributed by atoms with E-state index in [-0.39, 0.29) is 24.0 Å². The maximum atomic E-state index is 5.72. The number of hydrogen-bond donors (Lipinski definition) is 2. The summed E-state index contributed by atoms with van der Waals surface area (Å²) in [4.78, 5) is 13.7. The van der Waals surface area contributed by atoms with E-state index in [4.69, 9.17) is 9.15 Å². The zero-order valence-corrected chi connectivity index (χ0v) is 20.4. The van der Waals surface area contributed by atoms with Crippen molar-refractivity contribution in [2.45, 2.75) is 33.2 Å². The van der Waals surface area contributed by atoms with Crippen LogP contribution in [0.1, 0.15) is 30.2 Å². The Kier molecular flexibility index (Phi) is 10.7. The summed E-state index contributed by atoms with van der Waals surface area (Å²) in [5.74, 6) is 3.36. The average molecular weight is 520 g/mol. The fourth-order valence-corrected chi connectivity index (χ4v) is 3.77. The highest BCUT2D eigenvalue weighted by molar-refractivity contribution is 14.0. The summed E-state index contributed by atoms with van der Waals surface area (Å²) in [6.07, 6.45) is 2.38. The monoisotopic (exact) mass is 520 g/mol. The number of aryl methyl sites for hydroxylation is 2. The van der Waals surface area contributed by atoms with Gasteiger partial charge in [0, 0.05) is 39.8 Å². The lowest BCUT2D eigenvalue weighted by molar-refractivity contribution is 0.0389. The van der Waals surface area contributed by atoms with Crippen LogP contribution in [0.2, 0.25) is 0 Å². The molecule has 1 aromatic rings. The van der Waals surface area contributed by atoms with Crippen LogP contribution < -0.4 is 10.6 Å². The van der Waals surface area contributed by atoms with Gasteiger partial charge in [0.25, 0.3) is 0 Å². The molecule has 166 valence electrons. The van der Waals surface area contributed by atoms with E-state index in [1.54, 1.807) is 0 Å². The normalized spacial score (nSPS) is 19.8. The summed E-state index contributed by atoms with van der Waals surface area (Å²) >= 11 is 0. The first kappa shape index (κ1) is 24.4. The first-order chi connectivity index (χ1) is 13.6. The minimum absolute atomic E-state index is 0. The van der Waals surface area contributed by atoms with E-state index in [1.165, 1.54) is 12.8 Å². The van der Waals surface area contributed by atoms with Gasteiger partial charge in [-0.25, -0.2) is 4.98 Å². The molecule has 2 aliphatic heterocycles. The predicted molar refractivity (Wildman–Crippen MR) is 126 cm³/mol. The minimum atomic E-state index is 0. The topological polar surface area (TPSA) is 78.2 Å². The maximum Gasteiger partial charge on any atom is 0.208 e. The number of aliphatic imine (C=N–C) groups is 1. The molecule has 0 spiro atoms. The van der Waals surface area contributed by atoms with E-state index < -0.39 is 0 Å². The number of morpholine rings is 1. The molecule has 3 rings (SSSR count). The van der Waals surface area contributed by atoms with Gasteiger partial charge in [-0.05, 0) is 45.7 Å². The molecule has 0 aliphatic carbocycles. The van der Waals surface area contributed by atoms with Gasteiger partial charge in [-0.15, -0.1) is 24.0 Å². The number of nitrogens with zero attached hydrogens (tertiary/aromatic N) is 4. The van der Waals surface area contributed by atoms with Crippen LogP contribution in [0.3, 0.4) is 0 Å². The fourth-order valence-electron chi connectivity index (χ4n) is 3.77. The zero-order chi connectivity index (χ0) is 19.8. The Labute approximate surface area is 191 Å². The van der Waals surface area contributed by atoms with Crippen LogP contribution in [0.4, 0.5) is 0 Å². The highest BCUT2D eigenvalue weighted by atomic mass is 127. The highest BCUT2D eigenvalue weighted by Gasteiger charge is 2.21. The van der Waals surface area contributed by atoms with Crippen molar-refractivity contribution in [1.82, 2.24) is 25.4 Å². The molecule has 0 saturated carbocycles. The van der Waals surface area contributed by atoms with Crippen LogP contribution in [0.5, 0.6) is 0 Å². The van der Waals surface area contributed by atoms with Crippen molar-refractivity contribution in [3.63, 3.8) is 0 Å². The van der Waals surface area contributed by atoms with Crippen LogP contribution in [-0.4, -0.2) is 86.8 Å². The SMILES string of the molecule is CN=C(NCCN1CCOCC1)NCC1CCN(Cc2nc(C)c(C)o2)CC1.I. The van der Waals surface area contributed by atoms with Gasteiger partial charge in [0.1, 0.15) is 5.76 Å². The lowest BCUT2D eigenvalue weighted by Crippen LogP contribution is -2.46. The first-order valence-electron chi connectivity index (χ1n) is 10.5. The van der Waals surface area contributed by atoms with Gasteiger partial charge in [-0.3, -0.25) is 14.8 Å². The molecule has 2 aliphatic rings. The molecule has 3 heterocycles. The van der Waals surface area contributed by atoms with Crippen molar-refractivity contribution >= 4 is 29.9 Å². The molecule has 0 unspecified atom stereocenters. The molecule has 8 nitrogen and oxygen atoms in total. The summed E-state index contributed by atoms with van der Waals surface area (Å²) in [5.41, 5.74) is 1.00. The molecule has 1 aromatic heterocycles. The van der Waals surface area contributed by atoms with Gasteiger partial charge in [0.05, 0.1) is 25.5 Å². The van der Waals surface area contributed by atoms with Gasteiger partial charge >= 0.3 is 0 Å². The smallest absolute Gasteiger partial charge is 0.208 e. The van der Waals surface area contributed by atoms with Crippen molar-refractivity contribution in [2.75, 3.05) is 66.1 Å². The van der Waals surface area contributed by atoms with Crippen molar-refractivity contribution in [2.24, 2.45) is 10.9 Å². The largest absolute Gasteiger partial charge is 0.444 e. The molecule has 29 heavy (non-hydrogen) atoms. The van der Waals surface area contributed by atoms with Gasteiger partial charge in [0.15, 0.2) is 5.96 Å². The second kappa shape index (κ2) is 12.7. The minimum Gasteiger partial charge on any atom is -0.444 e. The Morgan fingerprint density at radius 3 is 2.45 bits per heavy atom. The number of ether oxygens (including phenoxy) is 1. The number of halogens is 1. The number of guanidine groups is 1. The van der Waals surface area contributed by atoms with Crippen LogP contribution in [0.15, 0.2) is 9.41 Å². The first-order valence-corrected chi connectivity index (χ1v) is 10.5. The molecule has 9 heteroatoms. The van der Waals surface area contributed by atoms with E-state index >= 15 is 0 Å². The van der Waals surface area contributed by atoms with E-state index in [1.807, 2.05) is 20.9 Å². The number of likely N-dealkylation sites (tertiary alicyclic amines) is 1. The Morgan fingerprint density at radius 1 is 1.10 bits per heavy atom. The fraction of sp³-hybridized carbons (Fsp3) is 0.800. The number of piperidine rings is 1. The number of aromatic nitrogens is 1. The number of rotatable bonds is 7. The molecule has 0 atom stereocenters. The molecule has 2 saturated heterocycles. The van der Waals surface area contributed by atoms with E-state index in [0.29, 0.717) is 5.92 Å². The number of oxazole rings is 1. The van der Waals surface area contributed by atoms with Crippen molar-refractivity contribution in [3.8, 4) is 0 Å². The molecule has 2 N–H and O–H groups in total. The molecule has 0 radical (unpaired) electrons. The maximum absolute atomic E-state index is 5.72. The average Bonchev–Trinajstić information content (AvgIpc) is 3.03. The van der Waals surface area contributed by atoms with Gasteiger partial charge in [-0.2, -0.15) is 0 Å². The zero-order valence-electron chi connectivity index (χ0n) is 18.1. The van der Waals surface area contributed by atoms with Crippen molar-refractivity contribution < 1.29 is 9.15 Å². The second-order valence-corrected chi connectivity index (χ2v) is 7.80. The standard InChI is InChI=1S/C20H36N6O2.HI/c1-16-17(2)28-19(24-16)15-26-7-4-18(5-8-26)14-23-20(21-3)22-6-9-25-10-12-27-13-11-25;/h18H,4-15H2,1-3H3,(H2,21,22,23);1H. The second-order valence-electron chi connectivity index (χ2n) is 7.80. The van der Waals surface area contributed by atoms with E-state index in [0.717, 1.165) is 88.9 Å². The number of hydrogen-bond acceptors (Lipinski definition) is 6. The third-order valence-corrected chi connectivity index (χ3v) is 5.74. The molecule has 0 aromatic carbocycles. The summed E-state index contributed by atoms with van der Waals surface area (Å²) in [5, 5.41) is 6.93. The van der Waals surface area contributed by atoms with Gasteiger partial charge < -0.3 is 19.8 Å². The summed E-state index contributed by atoms with van der Waals surface area (Å²) in [6.45, 7) is 13.6. The van der Waals surface area contributed by atoms with E-state index in [2.05, 4.69) is 30.4 Å². The van der Waals surface area contributed by atoms with Gasteiger partial charge in [0.2, 0.25) is 5.89 Å². The Hall–Kier alpha value is -0.910. The molecule has 2 fully saturated rings. The third-order valence-electron chi connectivity index (χ3n) is 5.74. The van der Waals surface area contributed by atoms with Crippen LogP contribution in [0, 0.1) is 19.8 Å². The lowest BCUT2D eigenvalue weighted by Gasteiger charge is -2.31. The van der Waals surface area contributed by atoms with E-state index in [9.17, 15) is 0 Å². The van der Waals surface area contributed by atoms with Crippen LogP contribution >= 0.6 is 24.0 Å².